The van der Waals surface area contributed by atoms with E-state index in [0.29, 0.717) is 29.9 Å². The van der Waals surface area contributed by atoms with Crippen LogP contribution in [0.25, 0.3) is 0 Å². The minimum absolute atomic E-state index is 0.139. The molecule has 0 aliphatic carbocycles. The quantitative estimate of drug-likeness (QED) is 0.566. The molecular weight excluding hydrogens is 230 g/mol. The van der Waals surface area contributed by atoms with E-state index in [1.807, 2.05) is 6.92 Å². The van der Waals surface area contributed by atoms with Crippen LogP contribution in [-0.4, -0.2) is 24.2 Å². The number of rotatable bonds is 6. The highest BCUT2D eigenvalue weighted by molar-refractivity contribution is 5.96. The SMILES string of the molecule is CCC(CCO)CNC(=O)c1cc(N)cc(N)c1. The van der Waals surface area contributed by atoms with Gasteiger partial charge in [-0.05, 0) is 30.5 Å². The minimum Gasteiger partial charge on any atom is -0.399 e. The third kappa shape index (κ3) is 4.25. The van der Waals surface area contributed by atoms with Gasteiger partial charge in [0.2, 0.25) is 0 Å². The average molecular weight is 251 g/mol. The van der Waals surface area contributed by atoms with Gasteiger partial charge in [0.1, 0.15) is 0 Å². The highest BCUT2D eigenvalue weighted by atomic mass is 16.3. The zero-order chi connectivity index (χ0) is 13.5. The molecule has 0 bridgehead atoms. The van der Waals surface area contributed by atoms with Crippen LogP contribution in [0.1, 0.15) is 30.1 Å². The van der Waals surface area contributed by atoms with E-state index in [4.69, 9.17) is 16.6 Å². The second kappa shape index (κ2) is 6.86. The number of carbonyl (C=O) groups is 1. The van der Waals surface area contributed by atoms with Gasteiger partial charge in [-0.25, -0.2) is 0 Å². The van der Waals surface area contributed by atoms with Gasteiger partial charge in [0.25, 0.3) is 5.91 Å². The van der Waals surface area contributed by atoms with Crippen molar-refractivity contribution in [2.24, 2.45) is 5.92 Å². The molecule has 0 saturated carbocycles. The summed E-state index contributed by atoms with van der Waals surface area (Å²) in [7, 11) is 0. The molecule has 0 fully saturated rings. The second-order valence-corrected chi connectivity index (χ2v) is 4.38. The Labute approximate surface area is 107 Å². The van der Waals surface area contributed by atoms with Crippen LogP contribution in [0, 0.1) is 5.92 Å². The van der Waals surface area contributed by atoms with Crippen molar-refractivity contribution in [3.63, 3.8) is 0 Å². The number of anilines is 2. The van der Waals surface area contributed by atoms with Crippen molar-refractivity contribution < 1.29 is 9.90 Å². The Bertz CT molecular complexity index is 387. The molecule has 5 heteroatoms. The van der Waals surface area contributed by atoms with Crippen molar-refractivity contribution in [2.75, 3.05) is 24.6 Å². The van der Waals surface area contributed by atoms with Crippen molar-refractivity contribution in [2.45, 2.75) is 19.8 Å². The largest absolute Gasteiger partial charge is 0.399 e. The smallest absolute Gasteiger partial charge is 0.251 e. The highest BCUT2D eigenvalue weighted by Gasteiger charge is 2.10. The fourth-order valence-corrected chi connectivity index (χ4v) is 1.78. The van der Waals surface area contributed by atoms with Crippen molar-refractivity contribution in [3.8, 4) is 0 Å². The molecule has 5 nitrogen and oxygen atoms in total. The first-order valence-electron chi connectivity index (χ1n) is 6.12. The summed E-state index contributed by atoms with van der Waals surface area (Å²) in [6.07, 6.45) is 1.61. The fraction of sp³-hybridized carbons (Fsp3) is 0.462. The maximum Gasteiger partial charge on any atom is 0.251 e. The molecule has 0 saturated heterocycles. The molecule has 0 aliphatic rings. The van der Waals surface area contributed by atoms with E-state index in [1.165, 1.54) is 0 Å². The number of nitrogens with two attached hydrogens (primary N) is 2. The molecule has 18 heavy (non-hydrogen) atoms. The predicted molar refractivity (Wildman–Crippen MR) is 73.1 cm³/mol. The van der Waals surface area contributed by atoms with E-state index in [0.717, 1.165) is 6.42 Å². The first-order valence-corrected chi connectivity index (χ1v) is 6.12. The first-order chi connectivity index (χ1) is 8.56. The van der Waals surface area contributed by atoms with E-state index in [9.17, 15) is 4.79 Å². The number of aliphatic hydroxyl groups excluding tert-OH is 1. The molecule has 1 amide bonds. The van der Waals surface area contributed by atoms with Gasteiger partial charge in [-0.15, -0.1) is 0 Å². The molecule has 1 aromatic carbocycles. The van der Waals surface area contributed by atoms with Gasteiger partial charge in [-0.2, -0.15) is 0 Å². The molecule has 100 valence electrons. The summed E-state index contributed by atoms with van der Waals surface area (Å²) in [6, 6.07) is 4.80. The number of amides is 1. The number of hydrogen-bond donors (Lipinski definition) is 4. The molecule has 0 aromatic heterocycles. The Hall–Kier alpha value is -1.75. The van der Waals surface area contributed by atoms with Gasteiger partial charge in [0, 0.05) is 30.1 Å². The molecule has 0 radical (unpaired) electrons. The lowest BCUT2D eigenvalue weighted by Crippen LogP contribution is -2.29. The normalized spacial score (nSPS) is 12.1. The average Bonchev–Trinajstić information content (AvgIpc) is 2.32. The number of nitrogens with one attached hydrogen (secondary N) is 1. The number of benzene rings is 1. The maximum absolute atomic E-state index is 11.9. The number of hydrogen-bond acceptors (Lipinski definition) is 4. The van der Waals surface area contributed by atoms with Gasteiger partial charge in [-0.3, -0.25) is 4.79 Å². The van der Waals surface area contributed by atoms with Gasteiger partial charge < -0.3 is 21.9 Å². The van der Waals surface area contributed by atoms with Crippen LogP contribution in [0.15, 0.2) is 18.2 Å². The molecule has 1 unspecified atom stereocenters. The summed E-state index contributed by atoms with van der Waals surface area (Å²) < 4.78 is 0. The van der Waals surface area contributed by atoms with E-state index in [-0.39, 0.29) is 18.4 Å². The Morgan fingerprint density at radius 2 is 1.94 bits per heavy atom. The third-order valence-electron chi connectivity index (χ3n) is 2.91. The van der Waals surface area contributed by atoms with Gasteiger partial charge in [-0.1, -0.05) is 13.3 Å². The van der Waals surface area contributed by atoms with Crippen LogP contribution >= 0.6 is 0 Å². The van der Waals surface area contributed by atoms with Crippen LogP contribution in [0.5, 0.6) is 0 Å². The van der Waals surface area contributed by atoms with Gasteiger partial charge in [0.05, 0.1) is 0 Å². The number of carbonyl (C=O) groups excluding carboxylic acids is 1. The summed E-state index contributed by atoms with van der Waals surface area (Å²) >= 11 is 0. The van der Waals surface area contributed by atoms with Gasteiger partial charge >= 0.3 is 0 Å². The number of nitrogen functional groups attached to an aromatic ring is 2. The lowest BCUT2D eigenvalue weighted by atomic mass is 10.0. The highest BCUT2D eigenvalue weighted by Crippen LogP contribution is 2.14. The Morgan fingerprint density at radius 3 is 2.44 bits per heavy atom. The van der Waals surface area contributed by atoms with Gasteiger partial charge in [0.15, 0.2) is 0 Å². The molecule has 1 aromatic rings. The zero-order valence-corrected chi connectivity index (χ0v) is 10.6. The van der Waals surface area contributed by atoms with E-state index in [2.05, 4.69) is 5.32 Å². The standard InChI is InChI=1S/C13H21N3O2/c1-2-9(3-4-17)8-16-13(18)10-5-11(14)7-12(15)6-10/h5-7,9,17H,2-4,8,14-15H2,1H3,(H,16,18). The molecule has 0 heterocycles. The van der Waals surface area contributed by atoms with Crippen LogP contribution in [0.4, 0.5) is 11.4 Å². The molecule has 6 N–H and O–H groups in total. The summed E-state index contributed by atoms with van der Waals surface area (Å²) in [5, 5.41) is 11.7. The third-order valence-corrected chi connectivity index (χ3v) is 2.91. The zero-order valence-electron chi connectivity index (χ0n) is 10.6. The van der Waals surface area contributed by atoms with Crippen LogP contribution in [-0.2, 0) is 0 Å². The lowest BCUT2D eigenvalue weighted by molar-refractivity contribution is 0.0943. The minimum atomic E-state index is -0.189. The first kappa shape index (κ1) is 14.3. The van der Waals surface area contributed by atoms with Crippen molar-refractivity contribution in [1.29, 1.82) is 0 Å². The summed E-state index contributed by atoms with van der Waals surface area (Å²) in [5.74, 6) is 0.0998. The molecular formula is C13H21N3O2. The van der Waals surface area contributed by atoms with E-state index in [1.54, 1.807) is 18.2 Å². The summed E-state index contributed by atoms with van der Waals surface area (Å²) in [5.41, 5.74) is 12.7. The Morgan fingerprint density at radius 1 is 1.33 bits per heavy atom. The van der Waals surface area contributed by atoms with Crippen molar-refractivity contribution in [3.05, 3.63) is 23.8 Å². The van der Waals surface area contributed by atoms with E-state index < -0.39 is 0 Å². The lowest BCUT2D eigenvalue weighted by Gasteiger charge is -2.14. The Kier molecular flexibility index (Phi) is 5.45. The molecule has 1 atom stereocenters. The molecule has 0 spiro atoms. The van der Waals surface area contributed by atoms with Crippen LogP contribution < -0.4 is 16.8 Å². The molecule has 1 rings (SSSR count). The topological polar surface area (TPSA) is 101 Å². The second-order valence-electron chi connectivity index (χ2n) is 4.38. The molecule has 0 aliphatic heterocycles. The monoisotopic (exact) mass is 251 g/mol. The maximum atomic E-state index is 11.9. The fourth-order valence-electron chi connectivity index (χ4n) is 1.78. The summed E-state index contributed by atoms with van der Waals surface area (Å²) in [4.78, 5) is 11.9. The summed E-state index contributed by atoms with van der Waals surface area (Å²) in [6.45, 7) is 2.72. The predicted octanol–water partition coefficient (Wildman–Crippen LogP) is 0.989. The van der Waals surface area contributed by atoms with E-state index >= 15 is 0 Å². The van der Waals surface area contributed by atoms with Crippen molar-refractivity contribution >= 4 is 17.3 Å². The van der Waals surface area contributed by atoms with Crippen LogP contribution in [0.2, 0.25) is 0 Å². The number of aliphatic hydroxyl groups is 1. The van der Waals surface area contributed by atoms with Crippen LogP contribution in [0.3, 0.4) is 0 Å². The van der Waals surface area contributed by atoms with Crippen molar-refractivity contribution in [1.82, 2.24) is 5.32 Å². The Balaban J connectivity index is 2.59.